The van der Waals surface area contributed by atoms with E-state index in [0.29, 0.717) is 29.5 Å². The summed E-state index contributed by atoms with van der Waals surface area (Å²) >= 11 is 0. The molecular formula is C24H36O3. The summed E-state index contributed by atoms with van der Waals surface area (Å²) in [4.78, 5) is 11.6. The van der Waals surface area contributed by atoms with Crippen LogP contribution in [0.25, 0.3) is 0 Å². The van der Waals surface area contributed by atoms with Crippen LogP contribution in [-0.2, 0) is 14.3 Å². The average molecular weight is 373 g/mol. The molecule has 8 atom stereocenters. The Hall–Kier alpha value is -0.830. The lowest BCUT2D eigenvalue weighted by atomic mass is 9.45. The Kier molecular flexibility index (Phi) is 3.94. The quantitative estimate of drug-likeness (QED) is 0.508. The van der Waals surface area contributed by atoms with Gasteiger partial charge in [-0.15, -0.1) is 0 Å². The number of allylic oxidation sites excluding steroid dienone is 1. The highest BCUT2D eigenvalue weighted by atomic mass is 16.5. The lowest BCUT2D eigenvalue weighted by molar-refractivity contribution is -0.166. The van der Waals surface area contributed by atoms with Crippen LogP contribution in [0.2, 0.25) is 0 Å². The summed E-state index contributed by atoms with van der Waals surface area (Å²) < 4.78 is 11.9. The number of carbonyl (C=O) groups excluding carboxylic acids is 1. The zero-order chi connectivity index (χ0) is 19.0. The normalized spacial score (nSPS) is 54.1. The molecule has 3 heteroatoms. The van der Waals surface area contributed by atoms with Gasteiger partial charge in [-0.25, -0.2) is 0 Å². The smallest absolute Gasteiger partial charge is 0.302 e. The summed E-state index contributed by atoms with van der Waals surface area (Å²) in [5.41, 5.74) is 2.61. The predicted octanol–water partition coefficient (Wildman–Crippen LogP) is 5.14. The van der Waals surface area contributed by atoms with E-state index in [4.69, 9.17) is 9.47 Å². The molecule has 0 aromatic rings. The van der Waals surface area contributed by atoms with Crippen LogP contribution in [0.5, 0.6) is 0 Å². The number of ether oxygens (including phenoxy) is 2. The number of rotatable bonds is 3. The van der Waals surface area contributed by atoms with Gasteiger partial charge in [0.15, 0.2) is 0 Å². The molecule has 0 heterocycles. The van der Waals surface area contributed by atoms with E-state index in [0.717, 1.165) is 17.8 Å². The highest BCUT2D eigenvalue weighted by molar-refractivity contribution is 5.66. The minimum Gasteiger partial charge on any atom is -0.465 e. The maximum Gasteiger partial charge on any atom is 0.302 e. The molecule has 5 saturated carbocycles. The van der Waals surface area contributed by atoms with Gasteiger partial charge in [0.2, 0.25) is 0 Å². The van der Waals surface area contributed by atoms with Crippen LogP contribution < -0.4 is 0 Å². The van der Waals surface area contributed by atoms with Gasteiger partial charge in [0.25, 0.3) is 0 Å². The van der Waals surface area contributed by atoms with Crippen molar-refractivity contribution in [3.63, 3.8) is 0 Å². The van der Waals surface area contributed by atoms with Gasteiger partial charge in [-0.1, -0.05) is 18.6 Å². The number of methoxy groups -OCH3 is 1. The monoisotopic (exact) mass is 372 g/mol. The molecule has 5 rings (SSSR count). The molecule has 2 unspecified atom stereocenters. The van der Waals surface area contributed by atoms with E-state index in [1.807, 2.05) is 7.11 Å². The molecule has 5 aliphatic carbocycles. The van der Waals surface area contributed by atoms with Gasteiger partial charge in [-0.3, -0.25) is 4.79 Å². The third-order valence-electron chi connectivity index (χ3n) is 10.3. The van der Waals surface area contributed by atoms with Crippen LogP contribution in [0.1, 0.15) is 72.1 Å². The van der Waals surface area contributed by atoms with E-state index < -0.39 is 0 Å². The summed E-state index contributed by atoms with van der Waals surface area (Å²) in [5.74, 6) is 3.02. The van der Waals surface area contributed by atoms with Crippen molar-refractivity contribution in [2.45, 2.75) is 78.2 Å². The number of hydrogen-bond donors (Lipinski definition) is 0. The Morgan fingerprint density at radius 3 is 2.70 bits per heavy atom. The number of esters is 1. The topological polar surface area (TPSA) is 35.5 Å². The first-order valence-corrected chi connectivity index (χ1v) is 11.2. The molecule has 27 heavy (non-hydrogen) atoms. The highest BCUT2D eigenvalue weighted by Gasteiger charge is 2.77. The first kappa shape index (κ1) is 18.2. The second-order valence-electron chi connectivity index (χ2n) is 10.6. The molecule has 0 aliphatic heterocycles. The molecular weight excluding hydrogens is 336 g/mol. The molecule has 0 bridgehead atoms. The second-order valence-corrected chi connectivity index (χ2v) is 10.6. The van der Waals surface area contributed by atoms with Crippen molar-refractivity contribution in [1.29, 1.82) is 0 Å². The molecule has 5 aliphatic rings. The Bertz CT molecular complexity index is 683. The minimum absolute atomic E-state index is 0.0995. The lowest BCUT2D eigenvalue weighted by Gasteiger charge is -2.60. The maximum absolute atomic E-state index is 11.6. The SMILES string of the molecule is C/C=C1/CC[C@H]2[C@@H]3C[C@@H](OC)C45CC4CC[C@]5(C)[C@H]3CC[C@]12COC(C)=O. The van der Waals surface area contributed by atoms with Crippen LogP contribution in [0.3, 0.4) is 0 Å². The van der Waals surface area contributed by atoms with Crippen LogP contribution in [0.4, 0.5) is 0 Å². The summed E-state index contributed by atoms with van der Waals surface area (Å²) in [6, 6.07) is 0. The summed E-state index contributed by atoms with van der Waals surface area (Å²) in [5, 5.41) is 0. The molecule has 0 N–H and O–H groups in total. The number of carbonyl (C=O) groups is 1. The highest BCUT2D eigenvalue weighted by Crippen LogP contribution is 2.82. The predicted molar refractivity (Wildman–Crippen MR) is 105 cm³/mol. The Balaban J connectivity index is 1.51. The van der Waals surface area contributed by atoms with Crippen molar-refractivity contribution in [1.82, 2.24) is 0 Å². The minimum atomic E-state index is -0.131. The molecule has 0 aromatic carbocycles. The molecule has 0 amide bonds. The zero-order valence-electron chi connectivity index (χ0n) is 17.6. The molecule has 3 nitrogen and oxygen atoms in total. The zero-order valence-corrected chi connectivity index (χ0v) is 17.6. The first-order chi connectivity index (χ1) is 12.9. The van der Waals surface area contributed by atoms with E-state index in [1.54, 1.807) is 12.5 Å². The first-order valence-electron chi connectivity index (χ1n) is 11.2. The largest absolute Gasteiger partial charge is 0.465 e. The Morgan fingerprint density at radius 1 is 1.22 bits per heavy atom. The van der Waals surface area contributed by atoms with Crippen LogP contribution >= 0.6 is 0 Å². The van der Waals surface area contributed by atoms with Crippen molar-refractivity contribution in [3.05, 3.63) is 11.6 Å². The van der Waals surface area contributed by atoms with Crippen LogP contribution in [0, 0.1) is 39.9 Å². The third kappa shape index (κ3) is 2.10. The summed E-state index contributed by atoms with van der Waals surface area (Å²) in [6.45, 7) is 6.95. The second kappa shape index (κ2) is 5.84. The van der Waals surface area contributed by atoms with Crippen molar-refractivity contribution in [2.24, 2.45) is 39.9 Å². The Labute approximate surface area is 164 Å². The van der Waals surface area contributed by atoms with E-state index in [2.05, 4.69) is 19.9 Å². The molecule has 5 fully saturated rings. The number of hydrogen-bond acceptors (Lipinski definition) is 3. The van der Waals surface area contributed by atoms with Gasteiger partial charge in [0, 0.05) is 24.9 Å². The van der Waals surface area contributed by atoms with Crippen molar-refractivity contribution >= 4 is 5.97 Å². The third-order valence-corrected chi connectivity index (χ3v) is 10.3. The van der Waals surface area contributed by atoms with Gasteiger partial charge < -0.3 is 9.47 Å². The fourth-order valence-corrected chi connectivity index (χ4v) is 9.18. The molecule has 1 spiro atoms. The van der Waals surface area contributed by atoms with Gasteiger partial charge >= 0.3 is 5.97 Å². The number of fused-ring (bicyclic) bond motifs is 4. The molecule has 0 saturated heterocycles. The lowest BCUT2D eigenvalue weighted by Crippen LogP contribution is -2.57. The van der Waals surface area contributed by atoms with Gasteiger partial charge in [0.1, 0.15) is 6.61 Å². The maximum atomic E-state index is 11.6. The summed E-state index contributed by atoms with van der Waals surface area (Å²) in [6.07, 6.45) is 13.2. The average Bonchev–Trinajstić information content (AvgIpc) is 3.14. The molecule has 0 radical (unpaired) electrons. The fraction of sp³-hybridized carbons (Fsp3) is 0.875. The van der Waals surface area contributed by atoms with E-state index >= 15 is 0 Å². The summed E-state index contributed by atoms with van der Waals surface area (Å²) in [7, 11) is 1.95. The van der Waals surface area contributed by atoms with Crippen LogP contribution in [-0.4, -0.2) is 25.8 Å². The molecule has 0 aromatic heterocycles. The van der Waals surface area contributed by atoms with Gasteiger partial charge in [-0.2, -0.15) is 0 Å². The van der Waals surface area contributed by atoms with E-state index in [1.165, 1.54) is 51.4 Å². The standard InChI is InChI=1S/C24H36O3/c1-5-16-6-7-20-18-12-21(26-4)24-13-17(24)8-10-22(24,3)19(18)9-11-23(16,20)14-27-15(2)25/h5,17-21H,6-14H2,1-4H3/b16-5-/t17?,18-,19+,20+,21-,22-,23+,24?/m1/s1. The van der Waals surface area contributed by atoms with E-state index in [-0.39, 0.29) is 11.4 Å². The van der Waals surface area contributed by atoms with Crippen molar-refractivity contribution in [3.8, 4) is 0 Å². The van der Waals surface area contributed by atoms with Crippen LogP contribution in [0.15, 0.2) is 11.6 Å². The van der Waals surface area contributed by atoms with E-state index in [9.17, 15) is 4.79 Å². The van der Waals surface area contributed by atoms with Crippen molar-refractivity contribution in [2.75, 3.05) is 13.7 Å². The Morgan fingerprint density at radius 2 is 2.04 bits per heavy atom. The van der Waals surface area contributed by atoms with Gasteiger partial charge in [-0.05, 0) is 87.4 Å². The fourth-order valence-electron chi connectivity index (χ4n) is 9.18. The molecule has 150 valence electrons. The van der Waals surface area contributed by atoms with Gasteiger partial charge in [0.05, 0.1) is 6.10 Å². The van der Waals surface area contributed by atoms with Crippen molar-refractivity contribution < 1.29 is 14.3 Å².